The Morgan fingerprint density at radius 3 is 2.68 bits per heavy atom. The van der Waals surface area contributed by atoms with Crippen LogP contribution in [0.3, 0.4) is 0 Å². The van der Waals surface area contributed by atoms with Crippen molar-refractivity contribution in [2.75, 3.05) is 0 Å². The molecule has 0 unspecified atom stereocenters. The summed E-state index contributed by atoms with van der Waals surface area (Å²) in [5.74, 6) is -0.579. The van der Waals surface area contributed by atoms with Crippen LogP contribution in [0.4, 0.5) is 4.39 Å². The van der Waals surface area contributed by atoms with Gasteiger partial charge in [-0.15, -0.1) is 0 Å². The van der Waals surface area contributed by atoms with Gasteiger partial charge >= 0.3 is 0 Å². The largest absolute Gasteiger partial charge is 0.493 e. The Labute approximate surface area is 107 Å². The summed E-state index contributed by atoms with van der Waals surface area (Å²) in [7, 11) is 0. The van der Waals surface area contributed by atoms with Crippen molar-refractivity contribution in [3.05, 3.63) is 52.2 Å². The maximum atomic E-state index is 13.0. The summed E-state index contributed by atoms with van der Waals surface area (Å²) in [6.45, 7) is 1.75. The zero-order valence-corrected chi connectivity index (χ0v) is 10.0. The number of benzene rings is 1. The lowest BCUT2D eigenvalue weighted by Crippen LogP contribution is -2.07. The Hall–Kier alpha value is -2.63. The molecular weight excluding hydrogens is 249 g/mol. The normalized spacial score (nSPS) is 11.1. The second kappa shape index (κ2) is 3.94. The molecule has 2 heterocycles. The second-order valence-corrected chi connectivity index (χ2v) is 4.22. The Morgan fingerprint density at radius 1 is 1.32 bits per heavy atom. The van der Waals surface area contributed by atoms with Gasteiger partial charge in [0.2, 0.25) is 5.88 Å². The van der Waals surface area contributed by atoms with E-state index in [1.54, 1.807) is 19.1 Å². The first-order valence-corrected chi connectivity index (χ1v) is 5.64. The third-order valence-electron chi connectivity index (χ3n) is 2.91. The van der Waals surface area contributed by atoms with Gasteiger partial charge < -0.3 is 10.1 Å². The van der Waals surface area contributed by atoms with Crippen LogP contribution in [0.2, 0.25) is 0 Å². The Bertz CT molecular complexity index is 818. The lowest BCUT2D eigenvalue weighted by atomic mass is 10.1. The molecule has 0 aliphatic carbocycles. The molecule has 1 aromatic carbocycles. The number of aryl methyl sites for hydroxylation is 1. The van der Waals surface area contributed by atoms with E-state index in [2.05, 4.69) is 10.1 Å². The Morgan fingerprint density at radius 2 is 2.00 bits per heavy atom. The zero-order chi connectivity index (χ0) is 13.6. The molecule has 2 aromatic heterocycles. The molecule has 6 heteroatoms. The fourth-order valence-corrected chi connectivity index (χ4v) is 2.10. The first-order chi connectivity index (χ1) is 9.06. The minimum absolute atomic E-state index is 0.241. The maximum Gasteiger partial charge on any atom is 0.254 e. The van der Waals surface area contributed by atoms with Crippen LogP contribution in [0, 0.1) is 12.7 Å². The van der Waals surface area contributed by atoms with Gasteiger partial charge in [-0.2, -0.15) is 9.61 Å². The molecule has 19 heavy (non-hydrogen) atoms. The summed E-state index contributed by atoms with van der Waals surface area (Å²) in [4.78, 5) is 14.1. The van der Waals surface area contributed by atoms with Crippen molar-refractivity contribution in [3.8, 4) is 17.0 Å². The van der Waals surface area contributed by atoms with E-state index in [-0.39, 0.29) is 11.7 Å². The summed E-state index contributed by atoms with van der Waals surface area (Å²) in [5.41, 5.74) is 1.97. The van der Waals surface area contributed by atoms with Crippen LogP contribution in [-0.2, 0) is 0 Å². The van der Waals surface area contributed by atoms with Crippen molar-refractivity contribution in [1.82, 2.24) is 14.6 Å². The highest BCUT2D eigenvalue weighted by molar-refractivity contribution is 5.79. The van der Waals surface area contributed by atoms with E-state index in [4.69, 9.17) is 0 Å². The molecular formula is C13H10FN3O2. The van der Waals surface area contributed by atoms with E-state index in [1.807, 2.05) is 0 Å². The number of aromatic nitrogens is 3. The second-order valence-electron chi connectivity index (χ2n) is 4.22. The molecule has 96 valence electrons. The zero-order valence-electron chi connectivity index (χ0n) is 10.0. The Balaban J connectivity index is 2.37. The van der Waals surface area contributed by atoms with E-state index in [0.717, 1.165) is 11.6 Å². The third kappa shape index (κ3) is 1.77. The number of hydrogen-bond acceptors (Lipinski definition) is 3. The van der Waals surface area contributed by atoms with Gasteiger partial charge in [0.05, 0.1) is 11.8 Å². The van der Waals surface area contributed by atoms with Gasteiger partial charge in [0, 0.05) is 5.56 Å². The highest BCUT2D eigenvalue weighted by atomic mass is 19.1. The summed E-state index contributed by atoms with van der Waals surface area (Å²) in [6.07, 6.45) is 0. The predicted molar refractivity (Wildman–Crippen MR) is 67.6 cm³/mol. The fraction of sp³-hybridized carbons (Fsp3) is 0.0769. The summed E-state index contributed by atoms with van der Waals surface area (Å²) >= 11 is 0. The van der Waals surface area contributed by atoms with Gasteiger partial charge in [0.15, 0.2) is 0 Å². The lowest BCUT2D eigenvalue weighted by molar-refractivity contribution is 0.434. The predicted octanol–water partition coefficient (Wildman–Crippen LogP) is 1.84. The van der Waals surface area contributed by atoms with Crippen LogP contribution in [0.25, 0.3) is 16.8 Å². The van der Waals surface area contributed by atoms with Crippen molar-refractivity contribution in [1.29, 1.82) is 0 Å². The van der Waals surface area contributed by atoms with Crippen LogP contribution < -0.4 is 5.56 Å². The monoisotopic (exact) mass is 259 g/mol. The number of H-pyrrole nitrogens is 1. The molecule has 0 bridgehead atoms. The molecule has 0 radical (unpaired) electrons. The summed E-state index contributed by atoms with van der Waals surface area (Å²) in [5, 5.41) is 13.9. The smallest absolute Gasteiger partial charge is 0.254 e. The highest BCUT2D eigenvalue weighted by Gasteiger charge is 2.14. The van der Waals surface area contributed by atoms with Gasteiger partial charge in [-0.3, -0.25) is 4.79 Å². The average Bonchev–Trinajstić information content (AvgIpc) is 2.67. The number of hydrogen-bond donors (Lipinski definition) is 2. The maximum absolute atomic E-state index is 13.0. The number of rotatable bonds is 1. The number of nitrogens with one attached hydrogen (secondary N) is 1. The molecule has 0 fully saturated rings. The quantitative estimate of drug-likeness (QED) is 0.700. The molecule has 0 spiro atoms. The van der Waals surface area contributed by atoms with Gasteiger partial charge in [-0.05, 0) is 24.6 Å². The molecule has 0 atom stereocenters. The van der Waals surface area contributed by atoms with Crippen LogP contribution in [-0.4, -0.2) is 19.7 Å². The van der Waals surface area contributed by atoms with E-state index >= 15 is 0 Å². The van der Waals surface area contributed by atoms with Gasteiger partial charge in [0.25, 0.3) is 5.56 Å². The Kier molecular flexibility index (Phi) is 2.38. The van der Waals surface area contributed by atoms with Crippen molar-refractivity contribution >= 4 is 5.65 Å². The standard InChI is InChI=1S/C13H10FN3O2/c1-7-12(8-2-4-9(14)5-3-8)13-15-10(18)6-11(19)17(13)16-7/h2-6,19H,1H3,(H,15,18). The number of halogens is 1. The first-order valence-electron chi connectivity index (χ1n) is 5.64. The van der Waals surface area contributed by atoms with E-state index < -0.39 is 5.56 Å². The number of nitrogens with zero attached hydrogens (tertiary/aromatic N) is 2. The fourth-order valence-electron chi connectivity index (χ4n) is 2.10. The van der Waals surface area contributed by atoms with Gasteiger partial charge in [-0.1, -0.05) is 12.1 Å². The molecule has 0 amide bonds. The topological polar surface area (TPSA) is 70.4 Å². The van der Waals surface area contributed by atoms with Crippen molar-refractivity contribution < 1.29 is 9.50 Å². The SMILES string of the molecule is Cc1nn2c(O)cc(=O)[nH]c2c1-c1ccc(F)cc1. The van der Waals surface area contributed by atoms with Crippen molar-refractivity contribution in [3.63, 3.8) is 0 Å². The number of fused-ring (bicyclic) bond motifs is 1. The van der Waals surface area contributed by atoms with Crippen LogP contribution in [0.15, 0.2) is 35.1 Å². The molecule has 2 N–H and O–H groups in total. The minimum Gasteiger partial charge on any atom is -0.493 e. The van der Waals surface area contributed by atoms with E-state index in [0.29, 0.717) is 16.9 Å². The molecule has 5 nitrogen and oxygen atoms in total. The van der Waals surface area contributed by atoms with Crippen molar-refractivity contribution in [2.24, 2.45) is 0 Å². The van der Waals surface area contributed by atoms with E-state index in [1.165, 1.54) is 16.6 Å². The van der Waals surface area contributed by atoms with Crippen LogP contribution in [0.1, 0.15) is 5.69 Å². The van der Waals surface area contributed by atoms with Crippen LogP contribution in [0.5, 0.6) is 5.88 Å². The molecule has 0 aliphatic rings. The number of aromatic hydroxyl groups is 1. The molecule has 0 saturated heterocycles. The molecule has 0 aliphatic heterocycles. The highest BCUT2D eigenvalue weighted by Crippen LogP contribution is 2.28. The summed E-state index contributed by atoms with van der Waals surface area (Å²) in [6, 6.07) is 6.91. The average molecular weight is 259 g/mol. The van der Waals surface area contributed by atoms with Crippen LogP contribution >= 0.6 is 0 Å². The third-order valence-corrected chi connectivity index (χ3v) is 2.91. The molecule has 3 aromatic rings. The van der Waals surface area contributed by atoms with E-state index in [9.17, 15) is 14.3 Å². The summed E-state index contributed by atoms with van der Waals surface area (Å²) < 4.78 is 14.2. The molecule has 3 rings (SSSR count). The molecule has 0 saturated carbocycles. The lowest BCUT2D eigenvalue weighted by Gasteiger charge is -2.01. The van der Waals surface area contributed by atoms with Gasteiger partial charge in [-0.25, -0.2) is 4.39 Å². The first kappa shape index (κ1) is 11.5. The minimum atomic E-state index is -0.423. The number of aromatic amines is 1. The van der Waals surface area contributed by atoms with Gasteiger partial charge in [0.1, 0.15) is 11.5 Å². The van der Waals surface area contributed by atoms with Crippen molar-refractivity contribution in [2.45, 2.75) is 6.92 Å².